The van der Waals surface area contributed by atoms with E-state index in [2.05, 4.69) is 16.9 Å². The van der Waals surface area contributed by atoms with Gasteiger partial charge in [-0.1, -0.05) is 18.7 Å². The van der Waals surface area contributed by atoms with Gasteiger partial charge in [0.15, 0.2) is 0 Å². The molecule has 3 aromatic rings. The molecule has 1 heterocycles. The van der Waals surface area contributed by atoms with Crippen molar-refractivity contribution in [1.82, 2.24) is 4.98 Å². The molecular formula is C20H19N3O. The Hall–Kier alpha value is -3.27. The van der Waals surface area contributed by atoms with Crippen molar-refractivity contribution in [3.8, 4) is 16.9 Å². The lowest BCUT2D eigenvalue weighted by molar-refractivity contribution is 0.415. The van der Waals surface area contributed by atoms with Gasteiger partial charge in [0.1, 0.15) is 5.75 Å². The van der Waals surface area contributed by atoms with Gasteiger partial charge in [-0.2, -0.15) is 0 Å². The predicted molar refractivity (Wildman–Crippen MR) is 99.7 cm³/mol. The molecule has 0 saturated heterocycles. The van der Waals surface area contributed by atoms with Gasteiger partial charge in [-0.15, -0.1) is 0 Å². The number of anilines is 2. The van der Waals surface area contributed by atoms with Gasteiger partial charge in [0, 0.05) is 23.7 Å². The second-order valence-electron chi connectivity index (χ2n) is 5.38. The normalized spacial score (nSPS) is 10.2. The number of hydrogen-bond acceptors (Lipinski definition) is 4. The van der Waals surface area contributed by atoms with E-state index in [1.165, 1.54) is 0 Å². The highest BCUT2D eigenvalue weighted by atomic mass is 16.5. The monoisotopic (exact) mass is 317 g/mol. The summed E-state index contributed by atoms with van der Waals surface area (Å²) < 4.78 is 5.18. The molecule has 120 valence electrons. The van der Waals surface area contributed by atoms with Crippen molar-refractivity contribution in [2.45, 2.75) is 0 Å². The molecule has 3 rings (SSSR count). The van der Waals surface area contributed by atoms with Crippen molar-refractivity contribution in [3.05, 3.63) is 79.1 Å². The molecule has 4 heteroatoms. The molecule has 24 heavy (non-hydrogen) atoms. The largest absolute Gasteiger partial charge is 0.497 e. The Morgan fingerprint density at radius 2 is 1.88 bits per heavy atom. The summed E-state index contributed by atoms with van der Waals surface area (Å²) >= 11 is 0. The third-order valence-electron chi connectivity index (χ3n) is 3.77. The molecular weight excluding hydrogens is 298 g/mol. The molecule has 0 unspecified atom stereocenters. The number of hydrogen-bond donors (Lipinski definition) is 2. The van der Waals surface area contributed by atoms with E-state index in [0.717, 1.165) is 33.8 Å². The minimum absolute atomic E-state index is 0.664. The zero-order valence-electron chi connectivity index (χ0n) is 13.5. The fraction of sp³-hybridized carbons (Fsp3) is 0.0500. The zero-order valence-corrected chi connectivity index (χ0v) is 13.5. The molecule has 0 aliphatic heterocycles. The van der Waals surface area contributed by atoms with Crippen LogP contribution in [-0.4, -0.2) is 12.1 Å². The van der Waals surface area contributed by atoms with E-state index in [1.807, 2.05) is 60.8 Å². The molecule has 2 aromatic carbocycles. The maximum atomic E-state index is 6.10. The van der Waals surface area contributed by atoms with E-state index < -0.39 is 0 Å². The van der Waals surface area contributed by atoms with Gasteiger partial charge in [0.2, 0.25) is 0 Å². The van der Waals surface area contributed by atoms with Gasteiger partial charge in [-0.3, -0.25) is 4.98 Å². The molecule has 0 amide bonds. The van der Waals surface area contributed by atoms with Gasteiger partial charge in [-0.05, 0) is 53.6 Å². The summed E-state index contributed by atoms with van der Waals surface area (Å²) in [6.45, 7) is 4.10. The summed E-state index contributed by atoms with van der Waals surface area (Å²) in [5.74, 6) is 0.810. The van der Waals surface area contributed by atoms with Crippen LogP contribution in [0.25, 0.3) is 16.8 Å². The molecule has 3 N–H and O–H groups in total. The molecule has 0 bridgehead atoms. The first kappa shape index (κ1) is 15.6. The summed E-state index contributed by atoms with van der Waals surface area (Å²) in [4.78, 5) is 4.16. The van der Waals surface area contributed by atoms with Crippen LogP contribution in [0.1, 0.15) is 5.56 Å². The second-order valence-corrected chi connectivity index (χ2v) is 5.38. The average Bonchev–Trinajstić information content (AvgIpc) is 2.64. The molecule has 1 aromatic heterocycles. The highest BCUT2D eigenvalue weighted by Gasteiger charge is 2.06. The molecule has 0 fully saturated rings. The SMILES string of the molecule is C=C(Nc1cc(-c2cccnc2)ccc1N)c1ccc(OC)cc1. The summed E-state index contributed by atoms with van der Waals surface area (Å²) in [5, 5.41) is 3.29. The highest BCUT2D eigenvalue weighted by Crippen LogP contribution is 2.29. The molecule has 0 aliphatic carbocycles. The van der Waals surface area contributed by atoms with Gasteiger partial charge >= 0.3 is 0 Å². The van der Waals surface area contributed by atoms with Crippen LogP contribution in [0.4, 0.5) is 11.4 Å². The third kappa shape index (κ3) is 3.38. The van der Waals surface area contributed by atoms with Crippen molar-refractivity contribution in [1.29, 1.82) is 0 Å². The van der Waals surface area contributed by atoms with Crippen LogP contribution in [0.5, 0.6) is 5.75 Å². The maximum Gasteiger partial charge on any atom is 0.118 e. The second kappa shape index (κ2) is 6.87. The van der Waals surface area contributed by atoms with Crippen molar-refractivity contribution < 1.29 is 4.74 Å². The molecule has 0 aliphatic rings. The lowest BCUT2D eigenvalue weighted by atomic mass is 10.1. The van der Waals surface area contributed by atoms with Crippen molar-refractivity contribution in [3.63, 3.8) is 0 Å². The lowest BCUT2D eigenvalue weighted by Crippen LogP contribution is -2.01. The van der Waals surface area contributed by atoms with E-state index in [1.54, 1.807) is 13.3 Å². The Morgan fingerprint density at radius 3 is 2.54 bits per heavy atom. The van der Waals surface area contributed by atoms with Crippen LogP contribution in [0, 0.1) is 0 Å². The fourth-order valence-electron chi connectivity index (χ4n) is 2.40. The Bertz CT molecular complexity index is 843. The lowest BCUT2D eigenvalue weighted by Gasteiger charge is -2.14. The molecule has 0 atom stereocenters. The van der Waals surface area contributed by atoms with Gasteiger partial charge in [-0.25, -0.2) is 0 Å². The Kier molecular flexibility index (Phi) is 4.47. The highest BCUT2D eigenvalue weighted by molar-refractivity contribution is 5.84. The molecule has 0 spiro atoms. The number of rotatable bonds is 5. The van der Waals surface area contributed by atoms with E-state index in [4.69, 9.17) is 10.5 Å². The number of nitrogen functional groups attached to an aromatic ring is 1. The van der Waals surface area contributed by atoms with Gasteiger partial charge < -0.3 is 15.8 Å². The first-order chi connectivity index (χ1) is 11.7. The van der Waals surface area contributed by atoms with E-state index in [0.29, 0.717) is 5.69 Å². The predicted octanol–water partition coefficient (Wildman–Crippen LogP) is 4.42. The number of nitrogens with two attached hydrogens (primary N) is 1. The number of aromatic nitrogens is 1. The fourth-order valence-corrected chi connectivity index (χ4v) is 2.40. The van der Waals surface area contributed by atoms with Crippen molar-refractivity contribution in [2.75, 3.05) is 18.2 Å². The van der Waals surface area contributed by atoms with Crippen LogP contribution >= 0.6 is 0 Å². The first-order valence-electron chi connectivity index (χ1n) is 7.57. The molecule has 4 nitrogen and oxygen atoms in total. The smallest absolute Gasteiger partial charge is 0.118 e. The summed E-state index contributed by atoms with van der Waals surface area (Å²) in [6.07, 6.45) is 3.58. The van der Waals surface area contributed by atoms with Crippen molar-refractivity contribution in [2.24, 2.45) is 0 Å². The van der Waals surface area contributed by atoms with E-state index in [-0.39, 0.29) is 0 Å². The Balaban J connectivity index is 1.85. The minimum Gasteiger partial charge on any atom is -0.497 e. The quantitative estimate of drug-likeness (QED) is 0.684. The summed E-state index contributed by atoms with van der Waals surface area (Å²) in [6, 6.07) is 17.5. The Morgan fingerprint density at radius 1 is 1.08 bits per heavy atom. The number of benzene rings is 2. The average molecular weight is 317 g/mol. The topological polar surface area (TPSA) is 60.2 Å². The number of nitrogens with zero attached hydrogens (tertiary/aromatic N) is 1. The Labute approximate surface area is 141 Å². The first-order valence-corrected chi connectivity index (χ1v) is 7.57. The van der Waals surface area contributed by atoms with Crippen molar-refractivity contribution >= 4 is 17.1 Å². The number of nitrogens with one attached hydrogen (secondary N) is 1. The third-order valence-corrected chi connectivity index (χ3v) is 3.77. The van der Waals surface area contributed by atoms with E-state index in [9.17, 15) is 0 Å². The standard InChI is InChI=1S/C20H19N3O/c1-14(15-5-8-18(24-2)9-6-15)23-20-12-16(7-10-19(20)21)17-4-3-11-22-13-17/h3-13,23H,1,21H2,2H3. The summed E-state index contributed by atoms with van der Waals surface area (Å²) in [5.41, 5.74) is 11.4. The van der Waals surface area contributed by atoms with Crippen LogP contribution in [0.15, 0.2) is 73.6 Å². The van der Waals surface area contributed by atoms with Gasteiger partial charge in [0.05, 0.1) is 18.5 Å². The number of ether oxygens (including phenoxy) is 1. The minimum atomic E-state index is 0.664. The van der Waals surface area contributed by atoms with Gasteiger partial charge in [0.25, 0.3) is 0 Å². The summed E-state index contributed by atoms with van der Waals surface area (Å²) in [7, 11) is 1.65. The van der Waals surface area contributed by atoms with E-state index >= 15 is 0 Å². The number of pyridine rings is 1. The number of methoxy groups -OCH3 is 1. The maximum absolute atomic E-state index is 6.10. The van der Waals surface area contributed by atoms with Crippen LogP contribution in [0.3, 0.4) is 0 Å². The van der Waals surface area contributed by atoms with Crippen LogP contribution < -0.4 is 15.8 Å². The molecule has 0 saturated carbocycles. The zero-order chi connectivity index (χ0) is 16.9. The van der Waals surface area contributed by atoms with Crippen LogP contribution in [-0.2, 0) is 0 Å². The van der Waals surface area contributed by atoms with Crippen LogP contribution in [0.2, 0.25) is 0 Å². The molecule has 0 radical (unpaired) electrons.